The number of hydrogen-bond acceptors (Lipinski definition) is 5. The third kappa shape index (κ3) is 3.18. The Morgan fingerprint density at radius 2 is 1.91 bits per heavy atom. The van der Waals surface area contributed by atoms with E-state index in [1.54, 1.807) is 0 Å². The minimum absolute atomic E-state index is 0.00912. The van der Waals surface area contributed by atoms with Crippen LogP contribution in [-0.4, -0.2) is 22.4 Å². The highest BCUT2D eigenvalue weighted by Crippen LogP contribution is 2.22. The van der Waals surface area contributed by atoms with Gasteiger partial charge in [0.05, 0.1) is 0 Å². The summed E-state index contributed by atoms with van der Waals surface area (Å²) in [6, 6.07) is 0. The molecule has 0 heterocycles. The monoisotopic (exact) mass is 209 g/mol. The average Bonchev–Trinajstić information content (AvgIpc) is 1.56. The van der Waals surface area contributed by atoms with E-state index in [1.165, 1.54) is 0 Å². The predicted molar refractivity (Wildman–Crippen MR) is 29.5 cm³/mol. The third-order valence-corrected chi connectivity index (χ3v) is 2.62. The lowest BCUT2D eigenvalue weighted by molar-refractivity contribution is 0.104. The van der Waals surface area contributed by atoms with Crippen molar-refractivity contribution in [1.82, 2.24) is 0 Å². The fourth-order valence-electron chi connectivity index (χ4n) is 0.133. The molecule has 0 spiro atoms. The van der Waals surface area contributed by atoms with E-state index >= 15 is 0 Å². The van der Waals surface area contributed by atoms with Crippen LogP contribution >= 0.6 is 0 Å². The smallest absolute Gasteiger partial charge is 0.368 e. The number of alkyl halides is 2. The fraction of sp³-hybridized carbons (Fsp3) is 1.00. The van der Waals surface area contributed by atoms with Crippen LogP contribution in [0.15, 0.2) is 0 Å². The lowest BCUT2D eigenvalue weighted by Crippen LogP contribution is -2.27. The molecule has 1 unspecified atom stereocenters. The molecule has 5 nitrogen and oxygen atoms in total. The van der Waals surface area contributed by atoms with Crippen LogP contribution in [0.1, 0.15) is 6.92 Å². The van der Waals surface area contributed by atoms with E-state index in [2.05, 4.69) is 3.63 Å². The van der Waals surface area contributed by atoms with Crippen molar-refractivity contribution in [2.24, 2.45) is 0 Å². The fourth-order valence-corrected chi connectivity index (χ4v) is 1.20. The summed E-state index contributed by atoms with van der Waals surface area (Å²) < 4.78 is 65.9. The van der Waals surface area contributed by atoms with E-state index in [9.17, 15) is 26.0 Å². The van der Waals surface area contributed by atoms with Gasteiger partial charge >= 0.3 is 15.4 Å². The van der Waals surface area contributed by atoms with E-state index in [1.807, 2.05) is 0 Å². The molecule has 0 aromatic heterocycles. The lowest BCUT2D eigenvalue weighted by atomic mass is 10.9. The van der Waals surface area contributed by atoms with Gasteiger partial charge in [0, 0.05) is 6.92 Å². The maximum absolute atomic E-state index is 11.9. The Bertz CT molecular complexity index is 250. The lowest BCUT2D eigenvalue weighted by Gasteiger charge is -2.11. The van der Waals surface area contributed by atoms with Gasteiger partial charge in [0.1, 0.15) is 11.4 Å². The van der Waals surface area contributed by atoms with Crippen molar-refractivity contribution in [1.29, 1.82) is 0 Å². The van der Waals surface area contributed by atoms with Gasteiger partial charge in [-0.3, -0.25) is 0 Å². The Labute approximate surface area is 64.0 Å². The van der Waals surface area contributed by atoms with E-state index in [-0.39, 0.29) is 6.92 Å². The quantitative estimate of drug-likeness (QED) is 0.598. The van der Waals surface area contributed by atoms with Gasteiger partial charge in [-0.05, 0) is 0 Å². The van der Waals surface area contributed by atoms with Gasteiger partial charge in [-0.15, -0.1) is 0 Å². The highest BCUT2D eigenvalue weighted by Gasteiger charge is 2.41. The maximum atomic E-state index is 11.9. The van der Waals surface area contributed by atoms with Gasteiger partial charge in [0.2, 0.25) is 0 Å². The van der Waals surface area contributed by atoms with Gasteiger partial charge in [-0.2, -0.15) is 20.8 Å². The van der Waals surface area contributed by atoms with E-state index in [0.717, 1.165) is 0 Å². The maximum Gasteiger partial charge on any atom is 0.368 e. The summed E-state index contributed by atoms with van der Waals surface area (Å²) in [6.45, 7) is 0.00912. The molecule has 0 radical (unpaired) electrons. The molecule has 11 heavy (non-hydrogen) atoms. The summed E-state index contributed by atoms with van der Waals surface area (Å²) in [4.78, 5) is 0. The van der Waals surface area contributed by atoms with Gasteiger partial charge < -0.3 is 4.55 Å². The topological polar surface area (TPSA) is 83.5 Å². The first kappa shape index (κ1) is 10.9. The molecule has 0 rings (SSSR count). The zero-order valence-corrected chi connectivity index (χ0v) is 6.75. The predicted octanol–water partition coefficient (Wildman–Crippen LogP) is -0.260. The first-order chi connectivity index (χ1) is 4.67. The molecule has 0 saturated carbocycles. The standard InChI is InChI=1S/C2H4F2O5S2/c1-2(3,4)11(7,8)9-10(5)6/h1H3,(H,5,6)/p-1. The SMILES string of the molecule is CC(F)(F)S(=O)(=O)OS(=O)[O-]. The molecule has 0 aromatic rings. The van der Waals surface area contributed by atoms with Gasteiger partial charge in [-0.25, -0.2) is 4.21 Å². The Kier molecular flexibility index (Phi) is 3.06. The summed E-state index contributed by atoms with van der Waals surface area (Å²) in [5.74, 6) is 0. The molecule has 0 N–H and O–H groups in total. The second kappa shape index (κ2) is 3.09. The highest BCUT2D eigenvalue weighted by atomic mass is 32.3. The summed E-state index contributed by atoms with van der Waals surface area (Å²) in [5, 5.41) is -4.22. The van der Waals surface area contributed by atoms with Crippen molar-refractivity contribution in [2.45, 2.75) is 12.2 Å². The van der Waals surface area contributed by atoms with Crippen LogP contribution in [0.25, 0.3) is 0 Å². The molecule has 0 fully saturated rings. The van der Waals surface area contributed by atoms with Crippen LogP contribution in [0.2, 0.25) is 0 Å². The molecule has 0 amide bonds. The van der Waals surface area contributed by atoms with Crippen LogP contribution in [0, 0.1) is 0 Å². The summed E-state index contributed by atoms with van der Waals surface area (Å²) >= 11 is -3.50. The van der Waals surface area contributed by atoms with Crippen molar-refractivity contribution in [3.8, 4) is 0 Å². The minimum Gasteiger partial charge on any atom is -0.749 e. The van der Waals surface area contributed by atoms with Crippen molar-refractivity contribution >= 4 is 21.5 Å². The third-order valence-electron chi connectivity index (χ3n) is 0.584. The molecule has 0 saturated heterocycles. The molecular formula is C2H3F2O5S2-. The van der Waals surface area contributed by atoms with Crippen LogP contribution in [0.3, 0.4) is 0 Å². The molecule has 0 aliphatic rings. The van der Waals surface area contributed by atoms with E-state index < -0.39 is 26.7 Å². The van der Waals surface area contributed by atoms with Crippen molar-refractivity contribution in [3.63, 3.8) is 0 Å². The summed E-state index contributed by atoms with van der Waals surface area (Å²) in [6.07, 6.45) is 0. The van der Waals surface area contributed by atoms with E-state index in [4.69, 9.17) is 0 Å². The van der Waals surface area contributed by atoms with Crippen LogP contribution in [0.4, 0.5) is 8.78 Å². The zero-order valence-electron chi connectivity index (χ0n) is 5.11. The van der Waals surface area contributed by atoms with Gasteiger partial charge in [0.25, 0.3) is 0 Å². The van der Waals surface area contributed by atoms with Crippen molar-refractivity contribution in [3.05, 3.63) is 0 Å². The minimum atomic E-state index is -5.34. The number of rotatable bonds is 3. The van der Waals surface area contributed by atoms with E-state index in [0.29, 0.717) is 0 Å². The van der Waals surface area contributed by atoms with Crippen LogP contribution in [0.5, 0.6) is 0 Å². The Hall–Kier alpha value is -0.120. The van der Waals surface area contributed by atoms with Crippen molar-refractivity contribution in [2.75, 3.05) is 0 Å². The first-order valence-electron chi connectivity index (χ1n) is 2.08. The molecule has 0 aliphatic carbocycles. The Morgan fingerprint density at radius 1 is 1.55 bits per heavy atom. The van der Waals surface area contributed by atoms with Crippen LogP contribution < -0.4 is 0 Å². The van der Waals surface area contributed by atoms with Crippen molar-refractivity contribution < 1.29 is 29.6 Å². The normalized spacial score (nSPS) is 16.4. The second-order valence-electron chi connectivity index (χ2n) is 1.53. The number of halogens is 2. The molecule has 1 atom stereocenters. The molecule has 68 valence electrons. The summed E-state index contributed by atoms with van der Waals surface area (Å²) in [5.41, 5.74) is 0. The average molecular weight is 209 g/mol. The Balaban J connectivity index is 4.64. The largest absolute Gasteiger partial charge is 0.749 e. The molecule has 9 heteroatoms. The second-order valence-corrected chi connectivity index (χ2v) is 4.11. The molecular weight excluding hydrogens is 206 g/mol. The molecule has 0 aliphatic heterocycles. The Morgan fingerprint density at radius 3 is 2.00 bits per heavy atom. The van der Waals surface area contributed by atoms with Crippen LogP contribution in [-0.2, 0) is 25.1 Å². The van der Waals surface area contributed by atoms with Gasteiger partial charge in [0.15, 0.2) is 0 Å². The molecule has 0 bridgehead atoms. The number of hydrogen-bond donors (Lipinski definition) is 0. The highest BCUT2D eigenvalue weighted by molar-refractivity contribution is 7.95. The summed E-state index contributed by atoms with van der Waals surface area (Å²) in [7, 11) is -5.34. The zero-order chi connectivity index (χ0) is 9.28. The van der Waals surface area contributed by atoms with Gasteiger partial charge in [-0.1, -0.05) is 0 Å². The molecule has 0 aromatic carbocycles. The first-order valence-corrected chi connectivity index (χ1v) is 4.49.